The largest absolute Gasteiger partial charge is 0.478 e. The molecular formula is C18H16O2. The van der Waals surface area contributed by atoms with Gasteiger partial charge in [0.25, 0.3) is 0 Å². The Bertz CT molecular complexity index is 739. The van der Waals surface area contributed by atoms with E-state index in [9.17, 15) is 4.79 Å². The van der Waals surface area contributed by atoms with Crippen molar-refractivity contribution in [3.8, 4) is 11.1 Å². The van der Waals surface area contributed by atoms with E-state index in [-0.39, 0.29) is 0 Å². The van der Waals surface area contributed by atoms with Gasteiger partial charge in [-0.05, 0) is 46.7 Å². The molecule has 0 fully saturated rings. The van der Waals surface area contributed by atoms with Gasteiger partial charge in [-0.3, -0.25) is 0 Å². The quantitative estimate of drug-likeness (QED) is 0.709. The van der Waals surface area contributed by atoms with Crippen molar-refractivity contribution in [1.29, 1.82) is 0 Å². The first kappa shape index (κ1) is 12.7. The first-order valence-corrected chi connectivity index (χ1v) is 6.79. The first-order chi connectivity index (χ1) is 9.60. The lowest BCUT2D eigenvalue weighted by molar-refractivity contribution is -0.131. The Balaban J connectivity index is 2.31. The van der Waals surface area contributed by atoms with Crippen LogP contribution < -0.4 is 0 Å². The van der Waals surface area contributed by atoms with Gasteiger partial charge in [-0.2, -0.15) is 0 Å². The predicted molar refractivity (Wildman–Crippen MR) is 80.7 cm³/mol. The van der Waals surface area contributed by atoms with Crippen molar-refractivity contribution in [2.75, 3.05) is 0 Å². The van der Waals surface area contributed by atoms with Crippen molar-refractivity contribution in [1.82, 2.24) is 0 Å². The van der Waals surface area contributed by atoms with Crippen LogP contribution in [0.25, 0.3) is 16.7 Å². The monoisotopic (exact) mass is 264 g/mol. The van der Waals surface area contributed by atoms with Crippen molar-refractivity contribution < 1.29 is 9.90 Å². The second-order valence-corrected chi connectivity index (χ2v) is 5.18. The molecule has 0 bridgehead atoms. The molecule has 100 valence electrons. The lowest BCUT2D eigenvalue weighted by Gasteiger charge is -2.04. The summed E-state index contributed by atoms with van der Waals surface area (Å²) in [6.45, 7) is 4.13. The summed E-state index contributed by atoms with van der Waals surface area (Å²) in [5.41, 5.74) is 7.50. The summed E-state index contributed by atoms with van der Waals surface area (Å²) in [6, 6.07) is 12.5. The fraction of sp³-hybridized carbons (Fsp3) is 0.167. The highest BCUT2D eigenvalue weighted by Crippen LogP contribution is 2.44. The molecule has 0 unspecified atom stereocenters. The number of fused-ring (bicyclic) bond motifs is 3. The molecule has 3 rings (SSSR count). The van der Waals surface area contributed by atoms with Crippen LogP contribution in [0.2, 0.25) is 0 Å². The molecule has 0 atom stereocenters. The van der Waals surface area contributed by atoms with E-state index < -0.39 is 5.97 Å². The molecule has 0 aliphatic heterocycles. The van der Waals surface area contributed by atoms with Crippen molar-refractivity contribution in [3.05, 3.63) is 64.7 Å². The molecule has 0 heterocycles. The van der Waals surface area contributed by atoms with Gasteiger partial charge in [-0.15, -0.1) is 0 Å². The fourth-order valence-corrected chi connectivity index (χ4v) is 2.81. The molecule has 2 nitrogen and oxygen atoms in total. The number of aliphatic carboxylic acids is 1. The normalized spacial score (nSPS) is 14.2. The Labute approximate surface area is 118 Å². The van der Waals surface area contributed by atoms with E-state index in [1.807, 2.05) is 6.92 Å². The Morgan fingerprint density at radius 1 is 1.05 bits per heavy atom. The van der Waals surface area contributed by atoms with Crippen LogP contribution in [0.1, 0.15) is 29.2 Å². The van der Waals surface area contributed by atoms with Crippen molar-refractivity contribution >= 4 is 11.5 Å². The first-order valence-electron chi connectivity index (χ1n) is 6.79. The third kappa shape index (κ3) is 1.94. The highest BCUT2D eigenvalue weighted by Gasteiger charge is 2.24. The molecule has 1 aliphatic rings. The third-order valence-electron chi connectivity index (χ3n) is 3.81. The number of benzene rings is 2. The van der Waals surface area contributed by atoms with Crippen LogP contribution in [0.15, 0.2) is 42.5 Å². The van der Waals surface area contributed by atoms with Gasteiger partial charge in [-0.25, -0.2) is 4.79 Å². The number of hydrogen-bond acceptors (Lipinski definition) is 1. The molecule has 0 aromatic heterocycles. The predicted octanol–water partition coefficient (Wildman–Crippen LogP) is 4.05. The minimum Gasteiger partial charge on any atom is -0.478 e. The number of carboxylic acids is 1. The minimum absolute atomic E-state index is 0.821. The third-order valence-corrected chi connectivity index (χ3v) is 3.81. The molecule has 0 amide bonds. The molecule has 0 radical (unpaired) electrons. The molecule has 20 heavy (non-hydrogen) atoms. The molecular weight excluding hydrogens is 248 g/mol. The summed E-state index contributed by atoms with van der Waals surface area (Å²) in [5.74, 6) is -0.901. The van der Waals surface area contributed by atoms with E-state index in [2.05, 4.69) is 43.3 Å². The van der Waals surface area contributed by atoms with Crippen molar-refractivity contribution in [2.45, 2.75) is 20.3 Å². The number of hydrogen-bond donors (Lipinski definition) is 1. The van der Waals surface area contributed by atoms with Gasteiger partial charge < -0.3 is 5.11 Å². The Morgan fingerprint density at radius 2 is 1.70 bits per heavy atom. The van der Waals surface area contributed by atoms with E-state index in [0.717, 1.165) is 39.8 Å². The molecule has 1 N–H and O–H groups in total. The Hall–Kier alpha value is -2.35. The van der Waals surface area contributed by atoms with Crippen LogP contribution in [-0.4, -0.2) is 11.1 Å². The maximum absolute atomic E-state index is 11.1. The zero-order valence-corrected chi connectivity index (χ0v) is 11.6. The maximum Gasteiger partial charge on any atom is 0.328 e. The van der Waals surface area contributed by atoms with Crippen LogP contribution in [0, 0.1) is 6.92 Å². The van der Waals surface area contributed by atoms with E-state index in [0.29, 0.717) is 0 Å². The van der Waals surface area contributed by atoms with Crippen LogP contribution in [-0.2, 0) is 11.2 Å². The Morgan fingerprint density at radius 3 is 2.35 bits per heavy atom. The molecule has 0 spiro atoms. The lowest BCUT2D eigenvalue weighted by Crippen LogP contribution is -1.92. The molecule has 2 heteroatoms. The Kier molecular flexibility index (Phi) is 2.94. The van der Waals surface area contributed by atoms with Crippen LogP contribution in [0.5, 0.6) is 0 Å². The molecule has 2 aromatic carbocycles. The highest BCUT2D eigenvalue weighted by atomic mass is 16.4. The summed E-state index contributed by atoms with van der Waals surface area (Å²) in [7, 11) is 0. The highest BCUT2D eigenvalue weighted by molar-refractivity contribution is 6.06. The second kappa shape index (κ2) is 4.64. The zero-order valence-electron chi connectivity index (χ0n) is 11.6. The van der Waals surface area contributed by atoms with Gasteiger partial charge in [0.15, 0.2) is 0 Å². The van der Waals surface area contributed by atoms with Gasteiger partial charge >= 0.3 is 5.97 Å². The second-order valence-electron chi connectivity index (χ2n) is 5.18. The number of carbonyl (C=O) groups is 1. The van der Waals surface area contributed by atoms with Crippen LogP contribution in [0.4, 0.5) is 0 Å². The summed E-state index contributed by atoms with van der Waals surface area (Å²) >= 11 is 0. The molecule has 1 aliphatic carbocycles. The van der Waals surface area contributed by atoms with Crippen molar-refractivity contribution in [3.63, 3.8) is 0 Å². The molecule has 2 aromatic rings. The fourth-order valence-electron chi connectivity index (χ4n) is 2.81. The van der Waals surface area contributed by atoms with E-state index >= 15 is 0 Å². The van der Waals surface area contributed by atoms with E-state index in [1.165, 1.54) is 11.6 Å². The number of carboxylic acid groups (broad SMARTS) is 1. The van der Waals surface area contributed by atoms with Gasteiger partial charge in [0.1, 0.15) is 0 Å². The van der Waals surface area contributed by atoms with Gasteiger partial charge in [-0.1, -0.05) is 48.9 Å². The van der Waals surface area contributed by atoms with Gasteiger partial charge in [0.05, 0.1) is 0 Å². The average Bonchev–Trinajstić information content (AvgIpc) is 2.71. The summed E-state index contributed by atoms with van der Waals surface area (Å²) in [4.78, 5) is 11.1. The number of rotatable bonds is 2. The molecule has 0 saturated heterocycles. The van der Waals surface area contributed by atoms with Gasteiger partial charge in [0, 0.05) is 6.08 Å². The minimum atomic E-state index is -0.901. The average molecular weight is 264 g/mol. The number of aryl methyl sites for hydroxylation is 2. The molecule has 0 saturated carbocycles. The van der Waals surface area contributed by atoms with Gasteiger partial charge in [0.2, 0.25) is 0 Å². The summed E-state index contributed by atoms with van der Waals surface area (Å²) in [5, 5.41) is 9.14. The van der Waals surface area contributed by atoms with E-state index in [4.69, 9.17) is 5.11 Å². The SMILES string of the molecule is CCc1ccc2c(c1)/C(=C\C(=O)O)c1cc(C)ccc1-2. The topological polar surface area (TPSA) is 37.3 Å². The van der Waals surface area contributed by atoms with E-state index in [1.54, 1.807) is 0 Å². The smallest absolute Gasteiger partial charge is 0.328 e. The van der Waals surface area contributed by atoms with Crippen LogP contribution >= 0.6 is 0 Å². The standard InChI is InChI=1S/C18H16O2/c1-3-12-5-7-14-13-6-4-11(2)8-15(13)17(10-18(19)20)16(14)9-12/h4-10H,3H2,1-2H3,(H,19,20)/b17-10-. The zero-order chi connectivity index (χ0) is 14.3. The van der Waals surface area contributed by atoms with Crippen molar-refractivity contribution in [2.24, 2.45) is 0 Å². The lowest BCUT2D eigenvalue weighted by atomic mass is 10.0. The summed E-state index contributed by atoms with van der Waals surface area (Å²) < 4.78 is 0. The summed E-state index contributed by atoms with van der Waals surface area (Å²) in [6.07, 6.45) is 2.27. The maximum atomic E-state index is 11.1. The van der Waals surface area contributed by atoms with Crippen LogP contribution in [0.3, 0.4) is 0 Å².